The van der Waals surface area contributed by atoms with E-state index in [9.17, 15) is 4.79 Å². The summed E-state index contributed by atoms with van der Waals surface area (Å²) >= 11 is 1.55. The molecule has 0 saturated carbocycles. The van der Waals surface area contributed by atoms with E-state index < -0.39 is 0 Å². The van der Waals surface area contributed by atoms with Gasteiger partial charge in [-0.3, -0.25) is 0 Å². The number of hydrogen-bond donors (Lipinski definition) is 2. The maximum absolute atomic E-state index is 12.1. The van der Waals surface area contributed by atoms with Gasteiger partial charge in [-0.15, -0.1) is 11.8 Å². The van der Waals surface area contributed by atoms with Crippen LogP contribution in [-0.2, 0) is 6.42 Å². The number of nitrogens with one attached hydrogen (secondary N) is 2. The predicted octanol–water partition coefficient (Wildman–Crippen LogP) is 3.54. The molecule has 1 heterocycles. The standard InChI is InChI=1S/C18H20N2O3S/c1-24-17-12-16-15(22-9-10-23-16)11-14(17)20-18(21)19-8-7-13-5-3-2-4-6-13/h2-6,11-12H,7-10H2,1H3,(H2,19,20,21). The van der Waals surface area contributed by atoms with Crippen molar-refractivity contribution in [3.05, 3.63) is 48.0 Å². The average Bonchev–Trinajstić information content (AvgIpc) is 2.62. The Hall–Kier alpha value is -2.34. The maximum Gasteiger partial charge on any atom is 0.319 e. The SMILES string of the molecule is CSc1cc2c(cc1NC(=O)NCCc1ccccc1)OCCO2. The molecule has 0 bridgehead atoms. The fraction of sp³-hybridized carbons (Fsp3) is 0.278. The molecule has 6 heteroatoms. The fourth-order valence-electron chi connectivity index (χ4n) is 2.47. The van der Waals surface area contributed by atoms with Crippen LogP contribution in [0, 0.1) is 0 Å². The Labute approximate surface area is 145 Å². The van der Waals surface area contributed by atoms with E-state index in [1.807, 2.05) is 48.7 Å². The summed E-state index contributed by atoms with van der Waals surface area (Å²) < 4.78 is 11.2. The van der Waals surface area contributed by atoms with E-state index in [-0.39, 0.29) is 6.03 Å². The molecule has 0 saturated heterocycles. The van der Waals surface area contributed by atoms with E-state index in [0.717, 1.165) is 22.8 Å². The summed E-state index contributed by atoms with van der Waals surface area (Å²) in [6.07, 6.45) is 2.76. The molecular formula is C18H20N2O3S. The number of hydrogen-bond acceptors (Lipinski definition) is 4. The van der Waals surface area contributed by atoms with Gasteiger partial charge in [-0.2, -0.15) is 0 Å². The predicted molar refractivity (Wildman–Crippen MR) is 96.4 cm³/mol. The van der Waals surface area contributed by atoms with Crippen LogP contribution in [0.1, 0.15) is 5.56 Å². The molecule has 126 valence electrons. The first-order valence-electron chi connectivity index (χ1n) is 7.82. The van der Waals surface area contributed by atoms with Gasteiger partial charge in [-0.1, -0.05) is 30.3 Å². The summed E-state index contributed by atoms with van der Waals surface area (Å²) in [7, 11) is 0. The second-order valence-electron chi connectivity index (χ2n) is 5.31. The Morgan fingerprint density at radius 2 is 1.83 bits per heavy atom. The molecule has 0 aromatic heterocycles. The summed E-state index contributed by atoms with van der Waals surface area (Å²) in [6.45, 7) is 1.65. The number of benzene rings is 2. The normalized spacial score (nSPS) is 12.5. The highest BCUT2D eigenvalue weighted by molar-refractivity contribution is 7.98. The minimum absolute atomic E-state index is 0.224. The minimum atomic E-state index is -0.224. The Balaban J connectivity index is 1.59. The van der Waals surface area contributed by atoms with Gasteiger partial charge in [0.05, 0.1) is 5.69 Å². The van der Waals surface area contributed by atoms with Gasteiger partial charge in [-0.05, 0) is 24.3 Å². The minimum Gasteiger partial charge on any atom is -0.486 e. The van der Waals surface area contributed by atoms with Gasteiger partial charge in [0, 0.05) is 17.5 Å². The van der Waals surface area contributed by atoms with Crippen molar-refractivity contribution in [3.63, 3.8) is 0 Å². The lowest BCUT2D eigenvalue weighted by atomic mass is 10.1. The topological polar surface area (TPSA) is 59.6 Å². The smallest absolute Gasteiger partial charge is 0.319 e. The molecule has 0 atom stereocenters. The third-order valence-electron chi connectivity index (χ3n) is 3.65. The van der Waals surface area contributed by atoms with E-state index in [0.29, 0.717) is 25.5 Å². The van der Waals surface area contributed by atoms with Crippen molar-refractivity contribution in [2.45, 2.75) is 11.3 Å². The molecule has 2 N–H and O–H groups in total. The average molecular weight is 344 g/mol. The Kier molecular flexibility index (Phi) is 5.48. The zero-order valence-corrected chi connectivity index (χ0v) is 14.3. The van der Waals surface area contributed by atoms with E-state index in [2.05, 4.69) is 10.6 Å². The zero-order chi connectivity index (χ0) is 16.8. The maximum atomic E-state index is 12.1. The Bertz CT molecular complexity index is 707. The number of ether oxygens (including phenoxy) is 2. The van der Waals surface area contributed by atoms with Crippen molar-refractivity contribution >= 4 is 23.5 Å². The van der Waals surface area contributed by atoms with Crippen LogP contribution >= 0.6 is 11.8 Å². The number of rotatable bonds is 5. The van der Waals surface area contributed by atoms with Crippen molar-refractivity contribution < 1.29 is 14.3 Å². The molecule has 0 aliphatic carbocycles. The number of carbonyl (C=O) groups excluding carboxylic acids is 1. The first-order chi connectivity index (χ1) is 11.8. The zero-order valence-electron chi connectivity index (χ0n) is 13.5. The molecule has 3 rings (SSSR count). The highest BCUT2D eigenvalue weighted by Crippen LogP contribution is 2.39. The molecule has 1 aliphatic heterocycles. The lowest BCUT2D eigenvalue weighted by Gasteiger charge is -2.21. The summed E-state index contributed by atoms with van der Waals surface area (Å²) in [5.74, 6) is 1.39. The number of fused-ring (bicyclic) bond motifs is 1. The molecule has 0 radical (unpaired) electrons. The Morgan fingerprint density at radius 3 is 2.54 bits per heavy atom. The number of anilines is 1. The lowest BCUT2D eigenvalue weighted by molar-refractivity contribution is 0.171. The first-order valence-corrected chi connectivity index (χ1v) is 9.05. The number of urea groups is 1. The summed E-state index contributed by atoms with van der Waals surface area (Å²) in [6, 6.07) is 13.6. The molecule has 0 unspecified atom stereocenters. The van der Waals surface area contributed by atoms with Crippen molar-refractivity contribution in [2.24, 2.45) is 0 Å². The quantitative estimate of drug-likeness (QED) is 0.815. The van der Waals surface area contributed by atoms with Gasteiger partial charge in [0.15, 0.2) is 11.5 Å². The van der Waals surface area contributed by atoms with Crippen LogP contribution < -0.4 is 20.1 Å². The van der Waals surface area contributed by atoms with Crippen LogP contribution in [0.15, 0.2) is 47.4 Å². The Morgan fingerprint density at radius 1 is 1.12 bits per heavy atom. The van der Waals surface area contributed by atoms with Crippen LogP contribution in [0.2, 0.25) is 0 Å². The number of amides is 2. The number of thioether (sulfide) groups is 1. The second-order valence-corrected chi connectivity index (χ2v) is 6.16. The fourth-order valence-corrected chi connectivity index (χ4v) is 3.02. The molecule has 2 aromatic carbocycles. The van der Waals surface area contributed by atoms with E-state index in [4.69, 9.17) is 9.47 Å². The van der Waals surface area contributed by atoms with Gasteiger partial charge >= 0.3 is 6.03 Å². The van der Waals surface area contributed by atoms with E-state index >= 15 is 0 Å². The second kappa shape index (κ2) is 7.97. The van der Waals surface area contributed by atoms with Crippen molar-refractivity contribution in [1.82, 2.24) is 5.32 Å². The van der Waals surface area contributed by atoms with Crippen LogP contribution in [0.4, 0.5) is 10.5 Å². The molecule has 2 amide bonds. The summed E-state index contributed by atoms with van der Waals surface area (Å²) in [4.78, 5) is 13.1. The summed E-state index contributed by atoms with van der Waals surface area (Å²) in [5.41, 5.74) is 1.92. The number of carbonyl (C=O) groups is 1. The molecule has 1 aliphatic rings. The third-order valence-corrected chi connectivity index (χ3v) is 4.43. The molecule has 5 nitrogen and oxygen atoms in total. The highest BCUT2D eigenvalue weighted by Gasteiger charge is 2.16. The molecule has 24 heavy (non-hydrogen) atoms. The monoisotopic (exact) mass is 344 g/mol. The van der Waals surface area contributed by atoms with Crippen molar-refractivity contribution in [3.8, 4) is 11.5 Å². The highest BCUT2D eigenvalue weighted by atomic mass is 32.2. The van der Waals surface area contributed by atoms with Gasteiger partial charge in [0.1, 0.15) is 13.2 Å². The van der Waals surface area contributed by atoms with Gasteiger partial charge in [-0.25, -0.2) is 4.79 Å². The van der Waals surface area contributed by atoms with Crippen LogP contribution in [-0.4, -0.2) is 32.0 Å². The molecule has 0 fully saturated rings. The van der Waals surface area contributed by atoms with Gasteiger partial charge in [0.25, 0.3) is 0 Å². The lowest BCUT2D eigenvalue weighted by Crippen LogP contribution is -2.30. The van der Waals surface area contributed by atoms with E-state index in [1.54, 1.807) is 11.8 Å². The van der Waals surface area contributed by atoms with Crippen molar-refractivity contribution in [1.29, 1.82) is 0 Å². The van der Waals surface area contributed by atoms with Crippen LogP contribution in [0.3, 0.4) is 0 Å². The van der Waals surface area contributed by atoms with Gasteiger partial charge < -0.3 is 20.1 Å². The van der Waals surface area contributed by atoms with Crippen LogP contribution in [0.5, 0.6) is 11.5 Å². The summed E-state index contributed by atoms with van der Waals surface area (Å²) in [5, 5.41) is 5.77. The van der Waals surface area contributed by atoms with Crippen molar-refractivity contribution in [2.75, 3.05) is 31.3 Å². The largest absolute Gasteiger partial charge is 0.486 e. The van der Waals surface area contributed by atoms with E-state index in [1.165, 1.54) is 5.56 Å². The van der Waals surface area contributed by atoms with Gasteiger partial charge in [0.2, 0.25) is 0 Å². The molecule has 2 aromatic rings. The first kappa shape index (κ1) is 16.5. The molecular weight excluding hydrogens is 324 g/mol. The third kappa shape index (κ3) is 4.14. The molecule has 0 spiro atoms. The van der Waals surface area contributed by atoms with Crippen LogP contribution in [0.25, 0.3) is 0 Å².